The Morgan fingerprint density at radius 1 is 1.25 bits per heavy atom. The van der Waals surface area contributed by atoms with Crippen LogP contribution in [0, 0.1) is 12.7 Å². The second-order valence-electron chi connectivity index (χ2n) is 5.46. The van der Waals surface area contributed by atoms with Crippen molar-refractivity contribution >= 4 is 17.5 Å². The Balaban J connectivity index is 2.06. The Hall–Kier alpha value is -1.91. The number of halogens is 1. The maximum absolute atomic E-state index is 13.7. The van der Waals surface area contributed by atoms with Crippen LogP contribution in [0.1, 0.15) is 25.3 Å². The zero-order valence-corrected chi connectivity index (χ0v) is 11.6. The molecule has 5 heteroatoms. The summed E-state index contributed by atoms with van der Waals surface area (Å²) in [5.74, 6) is -0.497. The summed E-state index contributed by atoms with van der Waals surface area (Å²) >= 11 is 0. The Morgan fingerprint density at radius 2 is 2.00 bits per heavy atom. The van der Waals surface area contributed by atoms with Crippen LogP contribution in [0.5, 0.6) is 0 Å². The van der Waals surface area contributed by atoms with Crippen molar-refractivity contribution in [2.75, 3.05) is 11.4 Å². The van der Waals surface area contributed by atoms with E-state index in [0.29, 0.717) is 24.2 Å². The first-order valence-electron chi connectivity index (χ1n) is 6.91. The minimum absolute atomic E-state index is 0.0456. The number of amides is 2. The van der Waals surface area contributed by atoms with Gasteiger partial charge in [-0.15, -0.1) is 0 Å². The van der Waals surface area contributed by atoms with Crippen LogP contribution in [0.2, 0.25) is 0 Å². The van der Waals surface area contributed by atoms with Gasteiger partial charge in [-0.3, -0.25) is 14.5 Å². The molecule has 0 bridgehead atoms. The summed E-state index contributed by atoms with van der Waals surface area (Å²) in [4.78, 5) is 28.1. The van der Waals surface area contributed by atoms with E-state index in [4.69, 9.17) is 0 Å². The number of piperazine rings is 1. The van der Waals surface area contributed by atoms with Gasteiger partial charge in [0.15, 0.2) is 0 Å². The van der Waals surface area contributed by atoms with Crippen LogP contribution < -0.4 is 4.90 Å². The van der Waals surface area contributed by atoms with Gasteiger partial charge in [0.25, 0.3) is 5.91 Å². The van der Waals surface area contributed by atoms with Gasteiger partial charge in [0.2, 0.25) is 5.91 Å². The number of fused-ring (bicyclic) bond motifs is 1. The van der Waals surface area contributed by atoms with Gasteiger partial charge < -0.3 is 4.90 Å². The molecule has 2 amide bonds. The van der Waals surface area contributed by atoms with Gasteiger partial charge in [0.05, 0.1) is 5.69 Å². The molecule has 4 nitrogen and oxygen atoms in total. The lowest BCUT2D eigenvalue weighted by Crippen LogP contribution is -2.62. The van der Waals surface area contributed by atoms with Crippen LogP contribution in [0.3, 0.4) is 0 Å². The molecule has 2 heterocycles. The van der Waals surface area contributed by atoms with Crippen molar-refractivity contribution in [3.05, 3.63) is 29.6 Å². The van der Waals surface area contributed by atoms with Crippen molar-refractivity contribution in [1.29, 1.82) is 0 Å². The van der Waals surface area contributed by atoms with E-state index >= 15 is 0 Å². The first-order valence-corrected chi connectivity index (χ1v) is 6.91. The smallest absolute Gasteiger partial charge is 0.250 e. The molecule has 1 aromatic rings. The number of nitrogens with zero attached hydrogens (tertiary/aromatic N) is 2. The fraction of sp³-hybridized carbons (Fsp3) is 0.467. The molecule has 20 heavy (non-hydrogen) atoms. The highest BCUT2D eigenvalue weighted by molar-refractivity contribution is 6.08. The zero-order chi connectivity index (χ0) is 14.4. The molecule has 0 N–H and O–H groups in total. The second kappa shape index (κ2) is 4.58. The maximum Gasteiger partial charge on any atom is 0.250 e. The Bertz CT molecular complexity index is 587. The van der Waals surface area contributed by atoms with E-state index in [1.54, 1.807) is 30.9 Å². The van der Waals surface area contributed by atoms with Crippen molar-refractivity contribution in [3.8, 4) is 0 Å². The van der Waals surface area contributed by atoms with Gasteiger partial charge >= 0.3 is 0 Å². The van der Waals surface area contributed by atoms with E-state index in [0.717, 1.165) is 6.42 Å². The number of hydrogen-bond donors (Lipinski definition) is 0. The summed E-state index contributed by atoms with van der Waals surface area (Å²) in [6.07, 6.45) is 1.55. The standard InChI is InChI=1S/C15H17FN2O2/c1-9-11(16)5-3-6-12(9)18-10(2)14(19)17-8-4-7-13(17)15(18)20/h3,5-6,10,13H,4,7-8H2,1-2H3. The first kappa shape index (κ1) is 13.1. The lowest BCUT2D eigenvalue weighted by molar-refractivity contribution is -0.143. The third kappa shape index (κ3) is 1.72. The number of carbonyl (C=O) groups excluding carboxylic acids is 2. The van der Waals surface area contributed by atoms with Crippen LogP contribution in [-0.4, -0.2) is 35.3 Å². The highest BCUT2D eigenvalue weighted by atomic mass is 19.1. The van der Waals surface area contributed by atoms with Gasteiger partial charge in [-0.1, -0.05) is 6.07 Å². The quantitative estimate of drug-likeness (QED) is 0.785. The van der Waals surface area contributed by atoms with Crippen LogP contribution in [-0.2, 0) is 9.59 Å². The van der Waals surface area contributed by atoms with Crippen molar-refractivity contribution in [3.63, 3.8) is 0 Å². The largest absolute Gasteiger partial charge is 0.329 e. The van der Waals surface area contributed by atoms with Crippen molar-refractivity contribution in [2.24, 2.45) is 0 Å². The van der Waals surface area contributed by atoms with Crippen LogP contribution in [0.15, 0.2) is 18.2 Å². The van der Waals surface area contributed by atoms with Crippen molar-refractivity contribution < 1.29 is 14.0 Å². The topological polar surface area (TPSA) is 40.6 Å². The monoisotopic (exact) mass is 276 g/mol. The predicted molar refractivity (Wildman–Crippen MR) is 72.8 cm³/mol. The summed E-state index contributed by atoms with van der Waals surface area (Å²) in [7, 11) is 0. The highest BCUT2D eigenvalue weighted by Gasteiger charge is 2.46. The molecule has 0 saturated carbocycles. The summed E-state index contributed by atoms with van der Waals surface area (Å²) in [5, 5.41) is 0. The second-order valence-corrected chi connectivity index (χ2v) is 5.46. The number of hydrogen-bond acceptors (Lipinski definition) is 2. The SMILES string of the molecule is Cc1c(F)cccc1N1C(=O)C2CCCN2C(=O)C1C. The molecule has 0 aliphatic carbocycles. The van der Waals surface area contributed by atoms with E-state index in [9.17, 15) is 14.0 Å². The highest BCUT2D eigenvalue weighted by Crippen LogP contribution is 2.32. The van der Waals surface area contributed by atoms with E-state index < -0.39 is 6.04 Å². The molecule has 3 rings (SSSR count). The third-order valence-corrected chi connectivity index (χ3v) is 4.30. The molecule has 2 unspecified atom stereocenters. The summed E-state index contributed by atoms with van der Waals surface area (Å²) in [5.41, 5.74) is 0.911. The number of benzene rings is 1. The molecule has 2 atom stereocenters. The summed E-state index contributed by atoms with van der Waals surface area (Å²) < 4.78 is 13.7. The van der Waals surface area contributed by atoms with Gasteiger partial charge in [0.1, 0.15) is 17.9 Å². The normalized spacial score (nSPS) is 26.1. The maximum atomic E-state index is 13.7. The van der Waals surface area contributed by atoms with Crippen LogP contribution in [0.4, 0.5) is 10.1 Å². The summed E-state index contributed by atoms with van der Waals surface area (Å²) in [6.45, 7) is 3.99. The number of rotatable bonds is 1. The Morgan fingerprint density at radius 3 is 2.75 bits per heavy atom. The van der Waals surface area contributed by atoms with E-state index in [1.807, 2.05) is 0 Å². The van der Waals surface area contributed by atoms with Gasteiger partial charge in [-0.05, 0) is 38.8 Å². The van der Waals surface area contributed by atoms with Crippen molar-refractivity contribution in [2.45, 2.75) is 38.8 Å². The molecular formula is C15H17FN2O2. The minimum atomic E-state index is -0.572. The van der Waals surface area contributed by atoms with Gasteiger partial charge in [-0.25, -0.2) is 4.39 Å². The average Bonchev–Trinajstić information content (AvgIpc) is 2.91. The molecule has 1 aromatic carbocycles. The third-order valence-electron chi connectivity index (χ3n) is 4.30. The van der Waals surface area contributed by atoms with Gasteiger partial charge in [0, 0.05) is 12.1 Å². The molecular weight excluding hydrogens is 259 g/mol. The molecule has 0 aromatic heterocycles. The van der Waals surface area contributed by atoms with E-state index in [-0.39, 0.29) is 23.7 Å². The van der Waals surface area contributed by atoms with Crippen LogP contribution >= 0.6 is 0 Å². The number of carbonyl (C=O) groups is 2. The fourth-order valence-corrected chi connectivity index (χ4v) is 3.17. The Labute approximate surface area is 117 Å². The fourth-order valence-electron chi connectivity index (χ4n) is 3.17. The zero-order valence-electron chi connectivity index (χ0n) is 11.6. The molecule has 2 aliphatic heterocycles. The molecule has 0 radical (unpaired) electrons. The van der Waals surface area contributed by atoms with Gasteiger partial charge in [-0.2, -0.15) is 0 Å². The lowest BCUT2D eigenvalue weighted by atomic mass is 10.0. The number of anilines is 1. The average molecular weight is 276 g/mol. The van der Waals surface area contributed by atoms with E-state index in [1.165, 1.54) is 11.0 Å². The molecule has 2 aliphatic rings. The molecule has 106 valence electrons. The summed E-state index contributed by atoms with van der Waals surface area (Å²) in [6, 6.07) is 3.69. The van der Waals surface area contributed by atoms with E-state index in [2.05, 4.69) is 0 Å². The molecule has 2 fully saturated rings. The Kier molecular flexibility index (Phi) is 3.00. The predicted octanol–water partition coefficient (Wildman–Crippen LogP) is 1.86. The molecule has 0 spiro atoms. The minimum Gasteiger partial charge on any atom is -0.329 e. The molecule has 2 saturated heterocycles. The van der Waals surface area contributed by atoms with Crippen LogP contribution in [0.25, 0.3) is 0 Å². The lowest BCUT2D eigenvalue weighted by Gasteiger charge is -2.41. The first-order chi connectivity index (χ1) is 9.52. The van der Waals surface area contributed by atoms with Crippen molar-refractivity contribution in [1.82, 2.24) is 4.90 Å².